The highest BCUT2D eigenvalue weighted by atomic mass is 32.2. The van der Waals surface area contributed by atoms with E-state index >= 15 is 0 Å². The second kappa shape index (κ2) is 7.55. The summed E-state index contributed by atoms with van der Waals surface area (Å²) in [6, 6.07) is 18.8. The lowest BCUT2D eigenvalue weighted by molar-refractivity contribution is -0.115. The second-order valence-corrected chi connectivity index (χ2v) is 6.75. The van der Waals surface area contributed by atoms with Crippen molar-refractivity contribution in [3.05, 3.63) is 66.9 Å². The Labute approximate surface area is 160 Å². The molecule has 0 atom stereocenters. The third kappa shape index (κ3) is 3.65. The van der Waals surface area contributed by atoms with Gasteiger partial charge in [0.1, 0.15) is 10.7 Å². The van der Waals surface area contributed by atoms with Gasteiger partial charge in [0.2, 0.25) is 11.7 Å². The number of carbonyl (C=O) groups is 1. The predicted molar refractivity (Wildman–Crippen MR) is 105 cm³/mol. The number of benzene rings is 1. The number of fused-ring (bicyclic) bond motifs is 1. The van der Waals surface area contributed by atoms with Crippen LogP contribution >= 0.6 is 11.8 Å². The van der Waals surface area contributed by atoms with Crippen molar-refractivity contribution in [3.63, 3.8) is 0 Å². The Balaban J connectivity index is 1.52. The molecule has 0 aliphatic heterocycles. The number of pyridine rings is 1. The Kier molecular flexibility index (Phi) is 4.80. The Bertz CT molecular complexity index is 1070. The summed E-state index contributed by atoms with van der Waals surface area (Å²) < 4.78 is 1.65. The van der Waals surface area contributed by atoms with Crippen LogP contribution in [-0.2, 0) is 4.79 Å². The fraction of sp³-hybridized carbons (Fsp3) is 0.105. The highest BCUT2D eigenvalue weighted by Crippen LogP contribution is 2.20. The lowest BCUT2D eigenvalue weighted by Gasteiger charge is -2.16. The lowest BCUT2D eigenvalue weighted by Crippen LogP contribution is -2.27. The Morgan fingerprint density at radius 1 is 1.04 bits per heavy atom. The van der Waals surface area contributed by atoms with E-state index in [9.17, 15) is 4.79 Å². The Morgan fingerprint density at radius 3 is 2.63 bits per heavy atom. The summed E-state index contributed by atoms with van der Waals surface area (Å²) >= 11 is 1.37. The van der Waals surface area contributed by atoms with Gasteiger partial charge in [0.15, 0.2) is 5.65 Å². The number of para-hydroxylation sites is 1. The molecule has 4 aromatic rings. The molecule has 0 bridgehead atoms. The van der Waals surface area contributed by atoms with Crippen LogP contribution in [0, 0.1) is 0 Å². The number of anilines is 1. The van der Waals surface area contributed by atoms with Gasteiger partial charge >= 0.3 is 0 Å². The first kappa shape index (κ1) is 17.2. The van der Waals surface area contributed by atoms with Crippen molar-refractivity contribution in [1.29, 1.82) is 0 Å². The summed E-state index contributed by atoms with van der Waals surface area (Å²) in [7, 11) is 1.77. The molecule has 1 amide bonds. The number of hydrogen-bond acceptors (Lipinski definition) is 6. The van der Waals surface area contributed by atoms with E-state index in [1.54, 1.807) is 22.7 Å². The van der Waals surface area contributed by atoms with E-state index in [1.807, 2.05) is 60.7 Å². The summed E-state index contributed by atoms with van der Waals surface area (Å²) in [5.41, 5.74) is 2.19. The molecule has 0 radical (unpaired) electrons. The molecule has 0 saturated carbocycles. The zero-order valence-corrected chi connectivity index (χ0v) is 15.4. The van der Waals surface area contributed by atoms with Gasteiger partial charge in [-0.3, -0.25) is 9.78 Å². The number of thioether (sulfide) groups is 1. The zero-order chi connectivity index (χ0) is 18.6. The number of nitrogens with zero attached hydrogens (tertiary/aromatic N) is 6. The number of hydrogen-bond donors (Lipinski definition) is 0. The largest absolute Gasteiger partial charge is 0.315 e. The lowest BCUT2D eigenvalue weighted by atomic mass is 10.3. The van der Waals surface area contributed by atoms with E-state index in [0.717, 1.165) is 5.69 Å². The molecule has 3 heterocycles. The van der Waals surface area contributed by atoms with Gasteiger partial charge in [-0.25, -0.2) is 0 Å². The Hall–Kier alpha value is -3.26. The first-order valence-corrected chi connectivity index (χ1v) is 9.29. The average Bonchev–Trinajstić information content (AvgIpc) is 3.16. The van der Waals surface area contributed by atoms with E-state index in [2.05, 4.69) is 20.3 Å². The minimum Gasteiger partial charge on any atom is -0.315 e. The summed E-state index contributed by atoms with van der Waals surface area (Å²) in [6.45, 7) is 0. The van der Waals surface area contributed by atoms with E-state index in [1.165, 1.54) is 11.8 Å². The van der Waals surface area contributed by atoms with Gasteiger partial charge in [-0.1, -0.05) is 36.0 Å². The van der Waals surface area contributed by atoms with Crippen LogP contribution in [0.4, 0.5) is 5.69 Å². The van der Waals surface area contributed by atoms with Crippen LogP contribution in [0.1, 0.15) is 0 Å². The number of amides is 1. The predicted octanol–water partition coefficient (Wildman–Crippen LogP) is 2.94. The van der Waals surface area contributed by atoms with Crippen molar-refractivity contribution in [3.8, 4) is 11.5 Å². The monoisotopic (exact) mass is 376 g/mol. The first-order chi connectivity index (χ1) is 13.2. The summed E-state index contributed by atoms with van der Waals surface area (Å²) in [5.74, 6) is 0.855. The van der Waals surface area contributed by atoms with Crippen LogP contribution in [0.3, 0.4) is 0 Å². The molecular weight excluding hydrogens is 360 g/mol. The van der Waals surface area contributed by atoms with Crippen LogP contribution in [-0.4, -0.2) is 43.5 Å². The molecule has 4 rings (SSSR count). The molecule has 27 heavy (non-hydrogen) atoms. The van der Waals surface area contributed by atoms with Gasteiger partial charge in [-0.2, -0.15) is 9.61 Å². The van der Waals surface area contributed by atoms with Crippen LogP contribution in [0.2, 0.25) is 0 Å². The minimum atomic E-state index is 0.00167. The zero-order valence-electron chi connectivity index (χ0n) is 14.6. The number of aromatic nitrogens is 5. The van der Waals surface area contributed by atoms with Crippen molar-refractivity contribution in [1.82, 2.24) is 24.8 Å². The van der Waals surface area contributed by atoms with Crippen molar-refractivity contribution in [2.45, 2.75) is 5.03 Å². The SMILES string of the molecule is CN(C(=O)CSc1ccc2nnc(-c3ccccn3)n2n1)c1ccccc1. The molecule has 3 aromatic heterocycles. The van der Waals surface area contributed by atoms with Crippen molar-refractivity contribution < 1.29 is 4.79 Å². The average molecular weight is 376 g/mol. The highest BCUT2D eigenvalue weighted by molar-refractivity contribution is 7.99. The molecule has 8 heteroatoms. The number of rotatable bonds is 5. The maximum atomic E-state index is 12.5. The smallest absolute Gasteiger partial charge is 0.237 e. The normalized spacial score (nSPS) is 10.9. The van der Waals surface area contributed by atoms with Crippen LogP contribution in [0.15, 0.2) is 71.9 Å². The van der Waals surface area contributed by atoms with E-state index in [0.29, 0.717) is 22.2 Å². The van der Waals surface area contributed by atoms with E-state index < -0.39 is 0 Å². The molecule has 0 aliphatic rings. The summed E-state index contributed by atoms with van der Waals surface area (Å²) in [6.07, 6.45) is 1.70. The van der Waals surface area contributed by atoms with Crippen molar-refractivity contribution >= 4 is 29.0 Å². The molecule has 0 aliphatic carbocycles. The van der Waals surface area contributed by atoms with Crippen molar-refractivity contribution in [2.24, 2.45) is 0 Å². The van der Waals surface area contributed by atoms with Gasteiger partial charge in [0.05, 0.1) is 5.75 Å². The first-order valence-electron chi connectivity index (χ1n) is 8.30. The van der Waals surface area contributed by atoms with Gasteiger partial charge < -0.3 is 4.90 Å². The van der Waals surface area contributed by atoms with Crippen LogP contribution in [0.25, 0.3) is 17.2 Å². The quantitative estimate of drug-likeness (QED) is 0.499. The van der Waals surface area contributed by atoms with E-state index in [-0.39, 0.29) is 11.7 Å². The second-order valence-electron chi connectivity index (χ2n) is 5.76. The van der Waals surface area contributed by atoms with Gasteiger partial charge in [0, 0.05) is 18.9 Å². The fourth-order valence-electron chi connectivity index (χ4n) is 2.53. The van der Waals surface area contributed by atoms with Gasteiger partial charge in [-0.05, 0) is 36.4 Å². The molecule has 134 valence electrons. The molecule has 0 saturated heterocycles. The maximum Gasteiger partial charge on any atom is 0.237 e. The summed E-state index contributed by atoms with van der Waals surface area (Å²) in [5, 5.41) is 13.6. The molecule has 0 spiro atoms. The molecule has 0 N–H and O–H groups in total. The maximum absolute atomic E-state index is 12.5. The topological polar surface area (TPSA) is 76.3 Å². The van der Waals surface area contributed by atoms with Crippen LogP contribution in [0.5, 0.6) is 0 Å². The standard InChI is InChI=1S/C19H16N6OS/c1-24(14-7-3-2-4-8-14)18(26)13-27-17-11-10-16-21-22-19(25(16)23-17)15-9-5-6-12-20-15/h2-12H,13H2,1H3. The van der Waals surface area contributed by atoms with Gasteiger partial charge in [0.25, 0.3) is 0 Å². The van der Waals surface area contributed by atoms with E-state index in [4.69, 9.17) is 0 Å². The number of carbonyl (C=O) groups excluding carboxylic acids is 1. The molecule has 0 unspecified atom stereocenters. The highest BCUT2D eigenvalue weighted by Gasteiger charge is 2.14. The third-order valence-electron chi connectivity index (χ3n) is 3.99. The third-order valence-corrected chi connectivity index (χ3v) is 4.90. The molecule has 1 aromatic carbocycles. The fourth-order valence-corrected chi connectivity index (χ4v) is 3.30. The minimum absolute atomic E-state index is 0.00167. The van der Waals surface area contributed by atoms with Crippen molar-refractivity contribution in [2.75, 3.05) is 17.7 Å². The van der Waals surface area contributed by atoms with Gasteiger partial charge in [-0.15, -0.1) is 10.2 Å². The molecule has 0 fully saturated rings. The molecule has 7 nitrogen and oxygen atoms in total. The summed E-state index contributed by atoms with van der Waals surface area (Å²) in [4.78, 5) is 18.4. The Morgan fingerprint density at radius 2 is 1.85 bits per heavy atom. The molecular formula is C19H16N6OS. The van der Waals surface area contributed by atoms with Crippen LogP contribution < -0.4 is 4.90 Å².